The number of ether oxygens (including phenoxy) is 1. The molecule has 3 aromatic rings. The Kier molecular flexibility index (Phi) is 7.68. The fourth-order valence-electron chi connectivity index (χ4n) is 5.05. The minimum absolute atomic E-state index is 0.0884. The third-order valence-corrected chi connectivity index (χ3v) is 6.84. The van der Waals surface area contributed by atoms with Crippen molar-refractivity contribution in [1.29, 1.82) is 0 Å². The second kappa shape index (κ2) is 10.7. The predicted molar refractivity (Wildman–Crippen MR) is 131 cm³/mol. The van der Waals surface area contributed by atoms with Crippen molar-refractivity contribution in [2.45, 2.75) is 58.0 Å². The first-order chi connectivity index (χ1) is 17.3. The molecule has 1 heterocycles. The van der Waals surface area contributed by atoms with E-state index in [2.05, 4.69) is 23.1 Å². The number of aromatic nitrogens is 2. The van der Waals surface area contributed by atoms with Crippen LogP contribution < -0.4 is 4.74 Å². The molecule has 192 valence electrons. The van der Waals surface area contributed by atoms with Crippen molar-refractivity contribution < 1.29 is 27.9 Å². The van der Waals surface area contributed by atoms with E-state index < -0.39 is 6.43 Å². The number of carbonyl (C=O) groups excluding carboxylic acids is 1. The molecule has 0 radical (unpaired) electrons. The van der Waals surface area contributed by atoms with Crippen LogP contribution in [0.2, 0.25) is 0 Å². The maximum absolute atomic E-state index is 13.7. The van der Waals surface area contributed by atoms with Gasteiger partial charge in [-0.15, -0.1) is 0 Å². The van der Waals surface area contributed by atoms with Gasteiger partial charge in [-0.05, 0) is 62.4 Å². The second-order valence-corrected chi connectivity index (χ2v) is 9.41. The predicted octanol–water partition coefficient (Wildman–Crippen LogP) is 5.17. The molecule has 7 nitrogen and oxygen atoms in total. The van der Waals surface area contributed by atoms with Crippen molar-refractivity contribution in [3.05, 3.63) is 53.1 Å². The summed E-state index contributed by atoms with van der Waals surface area (Å²) in [4.78, 5) is 17.7. The Morgan fingerprint density at radius 3 is 2.75 bits per heavy atom. The number of hydrogen-bond donors (Lipinski definition) is 1. The molecule has 0 bridgehead atoms. The minimum Gasteiger partial charge on any atom is -0.491 e. The zero-order chi connectivity index (χ0) is 25.9. The smallest absolute Gasteiger partial charge is 0.267 e. The van der Waals surface area contributed by atoms with Crippen LogP contribution in [-0.2, 0) is 16.6 Å². The Bertz CT molecular complexity index is 1210. The summed E-state index contributed by atoms with van der Waals surface area (Å²) in [7, 11) is 0. The second-order valence-electron chi connectivity index (χ2n) is 9.41. The van der Waals surface area contributed by atoms with Gasteiger partial charge in [-0.1, -0.05) is 30.3 Å². The highest BCUT2D eigenvalue weighted by atomic mass is 19.3. The van der Waals surface area contributed by atoms with Crippen LogP contribution in [0.15, 0.2) is 40.9 Å². The van der Waals surface area contributed by atoms with Gasteiger partial charge in [-0.2, -0.15) is 4.98 Å². The monoisotopic (exact) mass is 499 g/mol. The normalized spacial score (nSPS) is 17.0. The quantitative estimate of drug-likeness (QED) is 0.366. The fourth-order valence-corrected chi connectivity index (χ4v) is 5.05. The van der Waals surface area contributed by atoms with Crippen LogP contribution in [0, 0.1) is 0 Å². The van der Waals surface area contributed by atoms with Gasteiger partial charge in [0.25, 0.3) is 12.3 Å². The number of rotatable bonds is 11. The molecule has 0 saturated carbocycles. The highest BCUT2D eigenvalue weighted by molar-refractivity contribution is 5.67. The van der Waals surface area contributed by atoms with Gasteiger partial charge in [-0.3, -0.25) is 4.79 Å². The van der Waals surface area contributed by atoms with Crippen molar-refractivity contribution in [3.8, 4) is 28.6 Å². The molecule has 2 aromatic carbocycles. The van der Waals surface area contributed by atoms with Gasteiger partial charge in [-0.25, -0.2) is 8.78 Å². The molecule has 4 rings (SSSR count). The average molecular weight is 500 g/mol. The van der Waals surface area contributed by atoms with Crippen molar-refractivity contribution in [2.75, 3.05) is 19.7 Å². The standard InChI is InChI=1S/C27H31F2N3O4/c1-4-27(15-32(16-34)12-13-33)11-10-19-20(6-5-7-22(19)27)25-30-26(36-31-25)18-8-9-23(35-17(2)3)21(14-18)24(28)29/h5-9,14,16-17,24,33H,4,10-13,15H2,1-3H3. The van der Waals surface area contributed by atoms with E-state index >= 15 is 0 Å². The maximum Gasteiger partial charge on any atom is 0.267 e. The molecule has 0 aliphatic heterocycles. The summed E-state index contributed by atoms with van der Waals surface area (Å²) < 4.78 is 38.4. The van der Waals surface area contributed by atoms with Crippen LogP contribution in [0.5, 0.6) is 5.75 Å². The molecule has 1 N–H and O–H groups in total. The lowest BCUT2D eigenvalue weighted by Crippen LogP contribution is -2.40. The van der Waals surface area contributed by atoms with Crippen LogP contribution in [0.1, 0.15) is 56.7 Å². The number of amides is 1. The summed E-state index contributed by atoms with van der Waals surface area (Å²) in [5.74, 6) is 0.665. The number of fused-ring (bicyclic) bond motifs is 1. The summed E-state index contributed by atoms with van der Waals surface area (Å²) in [6.45, 7) is 6.38. The van der Waals surface area contributed by atoms with Crippen LogP contribution in [0.4, 0.5) is 8.78 Å². The number of aliphatic hydroxyl groups excluding tert-OH is 1. The van der Waals surface area contributed by atoms with Crippen molar-refractivity contribution in [1.82, 2.24) is 15.0 Å². The van der Waals surface area contributed by atoms with Crippen molar-refractivity contribution in [2.24, 2.45) is 0 Å². The number of alkyl halides is 2. The SMILES string of the molecule is CCC1(CN(C=O)CCO)CCc2c(-c3noc(-c4ccc(OC(C)C)c(C(F)F)c4)n3)cccc21. The molecule has 1 amide bonds. The lowest BCUT2D eigenvalue weighted by molar-refractivity contribution is -0.119. The minimum atomic E-state index is -2.71. The fraction of sp³-hybridized carbons (Fsp3) is 0.444. The van der Waals surface area contributed by atoms with E-state index in [-0.39, 0.29) is 41.9 Å². The Balaban J connectivity index is 1.67. The molecular weight excluding hydrogens is 468 g/mol. The van der Waals surface area contributed by atoms with Gasteiger partial charge in [0.05, 0.1) is 18.3 Å². The number of nitrogens with zero attached hydrogens (tertiary/aromatic N) is 3. The molecule has 1 aromatic heterocycles. The van der Waals surface area contributed by atoms with E-state index in [0.29, 0.717) is 17.9 Å². The third-order valence-electron chi connectivity index (χ3n) is 6.84. The molecule has 0 saturated heterocycles. The number of hydrogen-bond acceptors (Lipinski definition) is 6. The highest BCUT2D eigenvalue weighted by Gasteiger charge is 2.40. The average Bonchev–Trinajstić information content (AvgIpc) is 3.49. The number of aliphatic hydroxyl groups is 1. The Labute approximate surface area is 209 Å². The van der Waals surface area contributed by atoms with Gasteiger partial charge >= 0.3 is 0 Å². The van der Waals surface area contributed by atoms with Crippen LogP contribution in [0.25, 0.3) is 22.8 Å². The first-order valence-electron chi connectivity index (χ1n) is 12.2. The first kappa shape index (κ1) is 25.8. The van der Waals surface area contributed by atoms with Gasteiger partial charge < -0.3 is 19.3 Å². The Hall–Kier alpha value is -3.33. The van der Waals surface area contributed by atoms with Crippen LogP contribution in [0.3, 0.4) is 0 Å². The van der Waals surface area contributed by atoms with E-state index in [1.165, 1.54) is 12.1 Å². The lowest BCUT2D eigenvalue weighted by atomic mass is 9.78. The number of halogens is 2. The van der Waals surface area contributed by atoms with Crippen molar-refractivity contribution >= 4 is 6.41 Å². The van der Waals surface area contributed by atoms with E-state index in [1.54, 1.807) is 24.8 Å². The van der Waals surface area contributed by atoms with E-state index in [0.717, 1.165) is 42.4 Å². The molecule has 1 aliphatic rings. The third kappa shape index (κ3) is 4.97. The molecule has 1 unspecified atom stereocenters. The van der Waals surface area contributed by atoms with Gasteiger partial charge in [0.15, 0.2) is 0 Å². The summed E-state index contributed by atoms with van der Waals surface area (Å²) >= 11 is 0. The molecule has 9 heteroatoms. The van der Waals surface area contributed by atoms with Gasteiger partial charge in [0.2, 0.25) is 12.2 Å². The molecule has 1 atom stereocenters. The van der Waals surface area contributed by atoms with Gasteiger partial charge in [0.1, 0.15) is 5.75 Å². The summed E-state index contributed by atoms with van der Waals surface area (Å²) in [5, 5.41) is 13.5. The first-order valence-corrected chi connectivity index (χ1v) is 12.2. The topological polar surface area (TPSA) is 88.7 Å². The van der Waals surface area contributed by atoms with Crippen LogP contribution >= 0.6 is 0 Å². The van der Waals surface area contributed by atoms with Gasteiger partial charge in [0, 0.05) is 29.6 Å². The Morgan fingerprint density at radius 2 is 2.08 bits per heavy atom. The molecule has 36 heavy (non-hydrogen) atoms. The Morgan fingerprint density at radius 1 is 1.28 bits per heavy atom. The van der Waals surface area contributed by atoms with Crippen LogP contribution in [-0.4, -0.2) is 52.4 Å². The van der Waals surface area contributed by atoms with E-state index in [4.69, 9.17) is 9.26 Å². The zero-order valence-corrected chi connectivity index (χ0v) is 20.7. The summed E-state index contributed by atoms with van der Waals surface area (Å²) in [6, 6.07) is 10.4. The number of benzene rings is 2. The maximum atomic E-state index is 13.7. The largest absolute Gasteiger partial charge is 0.491 e. The molecule has 1 aliphatic carbocycles. The number of carbonyl (C=O) groups is 1. The summed E-state index contributed by atoms with van der Waals surface area (Å²) in [5.41, 5.74) is 2.99. The lowest BCUT2D eigenvalue weighted by Gasteiger charge is -2.34. The van der Waals surface area contributed by atoms with Crippen molar-refractivity contribution in [3.63, 3.8) is 0 Å². The summed E-state index contributed by atoms with van der Waals surface area (Å²) in [6.07, 6.45) is 0.305. The van der Waals surface area contributed by atoms with E-state index in [9.17, 15) is 18.7 Å². The molecule has 0 spiro atoms. The molecule has 0 fully saturated rings. The molecular formula is C27H31F2N3O4. The zero-order valence-electron chi connectivity index (χ0n) is 20.7. The van der Waals surface area contributed by atoms with E-state index in [1.807, 2.05) is 12.1 Å². The highest BCUT2D eigenvalue weighted by Crippen LogP contribution is 2.45.